The minimum absolute atomic E-state index is 0.427. The molecule has 110 valence electrons. The lowest BCUT2D eigenvalue weighted by Crippen LogP contribution is -2.17. The smallest absolute Gasteiger partial charge is 0.0424 e. The fourth-order valence-corrected chi connectivity index (χ4v) is 3.27. The molecule has 0 spiro atoms. The molecule has 0 saturated heterocycles. The van der Waals surface area contributed by atoms with E-state index < -0.39 is 0 Å². The van der Waals surface area contributed by atoms with Crippen LogP contribution in [-0.2, 0) is 0 Å². The third-order valence-corrected chi connectivity index (χ3v) is 4.33. The number of nitrogens with one attached hydrogen (secondary N) is 1. The number of hydrogen-bond acceptors (Lipinski definition) is 2. The van der Waals surface area contributed by atoms with Gasteiger partial charge in [-0.15, -0.1) is 0 Å². The molecule has 0 fully saturated rings. The predicted octanol–water partition coefficient (Wildman–Crippen LogP) is 4.87. The van der Waals surface area contributed by atoms with Crippen molar-refractivity contribution in [2.45, 2.75) is 18.8 Å². The lowest BCUT2D eigenvalue weighted by atomic mass is 9.83. The summed E-state index contributed by atoms with van der Waals surface area (Å²) in [6, 6.07) is 14.8. The molecular formula is C18H21ClN2. The highest BCUT2D eigenvalue weighted by molar-refractivity contribution is 6.30. The van der Waals surface area contributed by atoms with Crippen LogP contribution in [0.25, 0.3) is 0 Å². The Bertz CT molecular complexity index is 637. The van der Waals surface area contributed by atoms with Gasteiger partial charge in [-0.05, 0) is 68.9 Å². The number of hydrogen-bond donors (Lipinski definition) is 1. The molecule has 3 rings (SSSR count). The summed E-state index contributed by atoms with van der Waals surface area (Å²) in [5.41, 5.74) is 5.11. The van der Waals surface area contributed by atoms with E-state index >= 15 is 0 Å². The Morgan fingerprint density at radius 3 is 2.62 bits per heavy atom. The zero-order valence-corrected chi connectivity index (χ0v) is 13.3. The third kappa shape index (κ3) is 3.07. The summed E-state index contributed by atoms with van der Waals surface area (Å²) in [6.45, 7) is 1.11. The van der Waals surface area contributed by atoms with Gasteiger partial charge in [-0.3, -0.25) is 0 Å². The molecule has 1 unspecified atom stereocenters. The molecule has 1 aliphatic heterocycles. The minimum Gasteiger partial charge on any atom is -0.355 e. The van der Waals surface area contributed by atoms with Gasteiger partial charge < -0.3 is 10.2 Å². The van der Waals surface area contributed by atoms with E-state index in [-0.39, 0.29) is 0 Å². The van der Waals surface area contributed by atoms with Gasteiger partial charge in [0, 0.05) is 22.3 Å². The summed E-state index contributed by atoms with van der Waals surface area (Å²) >= 11 is 6.22. The van der Waals surface area contributed by atoms with Gasteiger partial charge in [0.25, 0.3) is 0 Å². The van der Waals surface area contributed by atoms with Gasteiger partial charge in [-0.1, -0.05) is 29.8 Å². The largest absolute Gasteiger partial charge is 0.355 e. The van der Waals surface area contributed by atoms with Crippen molar-refractivity contribution in [3.05, 3.63) is 58.6 Å². The second-order valence-corrected chi connectivity index (χ2v) is 6.38. The van der Waals surface area contributed by atoms with Gasteiger partial charge in [-0.2, -0.15) is 0 Å². The zero-order chi connectivity index (χ0) is 14.8. The first-order valence-electron chi connectivity index (χ1n) is 7.45. The average molecular weight is 301 g/mol. The van der Waals surface area contributed by atoms with Crippen molar-refractivity contribution in [2.75, 3.05) is 26.0 Å². The Labute approximate surface area is 131 Å². The van der Waals surface area contributed by atoms with Gasteiger partial charge in [-0.25, -0.2) is 0 Å². The number of rotatable bonds is 4. The molecule has 2 aromatic rings. The van der Waals surface area contributed by atoms with Gasteiger partial charge in [0.05, 0.1) is 0 Å². The van der Waals surface area contributed by atoms with Crippen LogP contribution in [0.3, 0.4) is 0 Å². The van der Waals surface area contributed by atoms with Gasteiger partial charge >= 0.3 is 0 Å². The maximum absolute atomic E-state index is 6.22. The van der Waals surface area contributed by atoms with Crippen molar-refractivity contribution in [3.8, 4) is 0 Å². The molecule has 21 heavy (non-hydrogen) atoms. The van der Waals surface area contributed by atoms with Crippen LogP contribution >= 0.6 is 11.6 Å². The summed E-state index contributed by atoms with van der Waals surface area (Å²) in [7, 11) is 4.25. The Morgan fingerprint density at radius 1 is 1.05 bits per heavy atom. The molecule has 1 aliphatic rings. The maximum atomic E-state index is 6.22. The van der Waals surface area contributed by atoms with E-state index in [1.807, 2.05) is 6.07 Å². The Morgan fingerprint density at radius 2 is 1.81 bits per heavy atom. The minimum atomic E-state index is 0.427. The molecule has 1 N–H and O–H groups in total. The lowest BCUT2D eigenvalue weighted by molar-refractivity contribution is 0.389. The van der Waals surface area contributed by atoms with E-state index in [0.717, 1.165) is 18.0 Å². The summed E-state index contributed by atoms with van der Waals surface area (Å²) < 4.78 is 0. The molecule has 0 amide bonds. The number of anilines is 2. The van der Waals surface area contributed by atoms with Gasteiger partial charge in [0.15, 0.2) is 0 Å². The third-order valence-electron chi connectivity index (χ3n) is 4.09. The molecule has 2 aromatic carbocycles. The summed E-state index contributed by atoms with van der Waals surface area (Å²) in [6.07, 6.45) is 2.32. The molecule has 2 nitrogen and oxygen atoms in total. The molecule has 0 aliphatic carbocycles. The van der Waals surface area contributed by atoms with Crippen molar-refractivity contribution in [1.82, 2.24) is 4.90 Å². The zero-order valence-electron chi connectivity index (χ0n) is 12.6. The first-order chi connectivity index (χ1) is 10.1. The van der Waals surface area contributed by atoms with Gasteiger partial charge in [0.2, 0.25) is 0 Å². The van der Waals surface area contributed by atoms with Crippen LogP contribution in [0.4, 0.5) is 11.4 Å². The maximum Gasteiger partial charge on any atom is 0.0424 e. The van der Waals surface area contributed by atoms with Crippen LogP contribution < -0.4 is 5.32 Å². The molecule has 0 radical (unpaired) electrons. The van der Waals surface area contributed by atoms with E-state index in [9.17, 15) is 0 Å². The standard InChI is InChI=1S/C18H21ClN2/c1-21(2)11-5-7-14-15-6-3-4-8-17(15)20-18-10-9-13(19)12-16(14)18/h3-4,6,8-10,12,14,20H,5,7,11H2,1-2H3. The number of benzene rings is 2. The van der Waals surface area contributed by atoms with E-state index in [1.54, 1.807) is 0 Å². The number of para-hydroxylation sites is 1. The van der Waals surface area contributed by atoms with Crippen LogP contribution in [0.2, 0.25) is 5.02 Å². The van der Waals surface area contributed by atoms with Crippen LogP contribution in [0.1, 0.15) is 29.9 Å². The van der Waals surface area contributed by atoms with Crippen LogP contribution in [0.5, 0.6) is 0 Å². The Balaban J connectivity index is 1.94. The van der Waals surface area contributed by atoms with Crippen LogP contribution in [0.15, 0.2) is 42.5 Å². The van der Waals surface area contributed by atoms with E-state index in [0.29, 0.717) is 5.92 Å². The Kier molecular flexibility index (Phi) is 4.18. The molecule has 1 atom stereocenters. The normalized spacial score (nSPS) is 16.3. The molecule has 3 heteroatoms. The van der Waals surface area contributed by atoms with Crippen LogP contribution in [-0.4, -0.2) is 25.5 Å². The first-order valence-corrected chi connectivity index (χ1v) is 7.83. The second-order valence-electron chi connectivity index (χ2n) is 5.94. The highest BCUT2D eigenvalue weighted by Gasteiger charge is 2.25. The highest BCUT2D eigenvalue weighted by Crippen LogP contribution is 2.44. The van der Waals surface area contributed by atoms with Crippen molar-refractivity contribution < 1.29 is 0 Å². The topological polar surface area (TPSA) is 15.3 Å². The molecule has 1 heterocycles. The van der Waals surface area contributed by atoms with Crippen molar-refractivity contribution >= 4 is 23.0 Å². The summed E-state index contributed by atoms with van der Waals surface area (Å²) in [5.74, 6) is 0.427. The predicted molar refractivity (Wildman–Crippen MR) is 90.8 cm³/mol. The van der Waals surface area contributed by atoms with E-state index in [2.05, 4.69) is 60.7 Å². The van der Waals surface area contributed by atoms with Crippen molar-refractivity contribution in [1.29, 1.82) is 0 Å². The first kappa shape index (κ1) is 14.4. The molecule has 0 aromatic heterocycles. The fraction of sp³-hybridized carbons (Fsp3) is 0.333. The molecule has 0 saturated carbocycles. The number of nitrogens with zero attached hydrogens (tertiary/aromatic N) is 1. The average Bonchev–Trinajstić information content (AvgIpc) is 2.46. The quantitative estimate of drug-likeness (QED) is 0.866. The van der Waals surface area contributed by atoms with Crippen molar-refractivity contribution in [2.24, 2.45) is 0 Å². The SMILES string of the molecule is CN(C)CCCC1c2ccccc2Nc2ccc(Cl)cc21. The van der Waals surface area contributed by atoms with E-state index in [1.165, 1.54) is 28.9 Å². The van der Waals surface area contributed by atoms with Crippen molar-refractivity contribution in [3.63, 3.8) is 0 Å². The fourth-order valence-electron chi connectivity index (χ4n) is 3.09. The van der Waals surface area contributed by atoms with E-state index in [4.69, 9.17) is 11.6 Å². The highest BCUT2D eigenvalue weighted by atomic mass is 35.5. The summed E-state index contributed by atoms with van der Waals surface area (Å²) in [5, 5.41) is 4.34. The van der Waals surface area contributed by atoms with Crippen LogP contribution in [0, 0.1) is 0 Å². The monoisotopic (exact) mass is 300 g/mol. The second kappa shape index (κ2) is 6.08. The molecule has 0 bridgehead atoms. The lowest BCUT2D eigenvalue weighted by Gasteiger charge is -2.30. The summed E-state index contributed by atoms with van der Waals surface area (Å²) in [4.78, 5) is 2.24. The Hall–Kier alpha value is -1.51. The van der Waals surface area contributed by atoms with Gasteiger partial charge in [0.1, 0.15) is 0 Å². The number of fused-ring (bicyclic) bond motifs is 2. The number of halogens is 1. The molecular weight excluding hydrogens is 280 g/mol.